The van der Waals surface area contributed by atoms with Crippen molar-refractivity contribution >= 4 is 16.8 Å². The van der Waals surface area contributed by atoms with Gasteiger partial charge in [0.1, 0.15) is 0 Å². The molecule has 1 aromatic heterocycles. The highest BCUT2D eigenvalue weighted by Crippen LogP contribution is 2.14. The zero-order chi connectivity index (χ0) is 16.4. The Morgan fingerprint density at radius 2 is 1.91 bits per heavy atom. The number of piperazine rings is 1. The van der Waals surface area contributed by atoms with Crippen molar-refractivity contribution in [2.24, 2.45) is 0 Å². The highest BCUT2D eigenvalue weighted by Gasteiger charge is 2.19. The number of nitrogens with one attached hydrogen (secondary N) is 1. The third-order valence-corrected chi connectivity index (χ3v) is 4.54. The van der Waals surface area contributed by atoms with Gasteiger partial charge in [-0.2, -0.15) is 0 Å². The van der Waals surface area contributed by atoms with Gasteiger partial charge in [0.2, 0.25) is 5.91 Å². The number of amides is 1. The van der Waals surface area contributed by atoms with E-state index in [0.717, 1.165) is 42.6 Å². The fourth-order valence-electron chi connectivity index (χ4n) is 3.01. The molecule has 1 aliphatic heterocycles. The minimum atomic E-state index is -0.0902. The van der Waals surface area contributed by atoms with Crippen LogP contribution in [0.15, 0.2) is 29.1 Å². The van der Waals surface area contributed by atoms with Crippen LogP contribution < -0.4 is 5.56 Å². The van der Waals surface area contributed by atoms with Crippen LogP contribution in [0.4, 0.5) is 0 Å². The number of carbonyl (C=O) groups excluding carboxylic acids is 1. The quantitative estimate of drug-likeness (QED) is 0.935. The van der Waals surface area contributed by atoms with Gasteiger partial charge in [-0.25, -0.2) is 0 Å². The van der Waals surface area contributed by atoms with Crippen LogP contribution in [0.2, 0.25) is 0 Å². The number of hydrogen-bond acceptors (Lipinski definition) is 3. The number of aromatic nitrogens is 1. The van der Waals surface area contributed by atoms with Gasteiger partial charge in [0.15, 0.2) is 0 Å². The molecular formula is C18H23N3O2. The SMILES string of the molecule is Cc1ccc2[nH]c(=O)c(CCC(=O)N3CCN(C)CC3)cc2c1. The number of fused-ring (bicyclic) bond motifs is 1. The van der Waals surface area contributed by atoms with E-state index >= 15 is 0 Å². The molecule has 0 atom stereocenters. The summed E-state index contributed by atoms with van der Waals surface area (Å²) in [6.45, 7) is 5.43. The molecule has 122 valence electrons. The topological polar surface area (TPSA) is 56.4 Å². The summed E-state index contributed by atoms with van der Waals surface area (Å²) in [5, 5.41) is 1.02. The van der Waals surface area contributed by atoms with E-state index in [1.165, 1.54) is 0 Å². The minimum Gasteiger partial charge on any atom is -0.340 e. The number of benzene rings is 1. The third kappa shape index (κ3) is 3.62. The maximum absolute atomic E-state index is 12.3. The van der Waals surface area contributed by atoms with Crippen molar-refractivity contribution < 1.29 is 4.79 Å². The summed E-state index contributed by atoms with van der Waals surface area (Å²) >= 11 is 0. The van der Waals surface area contributed by atoms with Crippen LogP contribution >= 0.6 is 0 Å². The van der Waals surface area contributed by atoms with Crippen LogP contribution in [0.3, 0.4) is 0 Å². The summed E-state index contributed by atoms with van der Waals surface area (Å²) in [7, 11) is 2.07. The van der Waals surface area contributed by atoms with Crippen molar-refractivity contribution in [3.05, 3.63) is 45.7 Å². The molecule has 0 radical (unpaired) electrons. The summed E-state index contributed by atoms with van der Waals surface area (Å²) in [5.41, 5.74) is 2.59. The maximum Gasteiger partial charge on any atom is 0.251 e. The molecule has 0 spiro atoms. The number of pyridine rings is 1. The molecule has 5 nitrogen and oxygen atoms in total. The van der Waals surface area contributed by atoms with Gasteiger partial charge in [-0.15, -0.1) is 0 Å². The van der Waals surface area contributed by atoms with Gasteiger partial charge in [0, 0.05) is 43.7 Å². The van der Waals surface area contributed by atoms with E-state index in [1.807, 2.05) is 30.0 Å². The monoisotopic (exact) mass is 313 g/mol. The number of rotatable bonds is 3. The molecule has 1 N–H and O–H groups in total. The van der Waals surface area contributed by atoms with Crippen LogP contribution in [-0.4, -0.2) is 53.9 Å². The molecule has 23 heavy (non-hydrogen) atoms. The second-order valence-electron chi connectivity index (χ2n) is 6.40. The lowest BCUT2D eigenvalue weighted by molar-refractivity contribution is -0.132. The summed E-state index contributed by atoms with van der Waals surface area (Å²) in [5.74, 6) is 0.141. The standard InChI is InChI=1S/C18H23N3O2/c1-13-3-5-16-15(11-13)12-14(18(23)19-16)4-6-17(22)21-9-7-20(2)8-10-21/h3,5,11-12H,4,6-10H2,1-2H3,(H,19,23). The van der Waals surface area contributed by atoms with Crippen LogP contribution in [0.5, 0.6) is 0 Å². The highest BCUT2D eigenvalue weighted by molar-refractivity contribution is 5.80. The number of likely N-dealkylation sites (N-methyl/N-ethyl adjacent to an activating group) is 1. The summed E-state index contributed by atoms with van der Waals surface area (Å²) < 4.78 is 0. The van der Waals surface area contributed by atoms with Crippen LogP contribution in [0.25, 0.3) is 10.9 Å². The number of hydrogen-bond donors (Lipinski definition) is 1. The van der Waals surface area contributed by atoms with Crippen molar-refractivity contribution in [1.82, 2.24) is 14.8 Å². The Labute approximate surface area is 135 Å². The first-order chi connectivity index (χ1) is 11.0. The van der Waals surface area contributed by atoms with E-state index in [-0.39, 0.29) is 11.5 Å². The first-order valence-electron chi connectivity index (χ1n) is 8.12. The normalized spacial score (nSPS) is 16.0. The predicted octanol–water partition coefficient (Wildman–Crippen LogP) is 1.54. The number of aromatic amines is 1. The number of H-pyrrole nitrogens is 1. The van der Waals surface area contributed by atoms with Crippen molar-refractivity contribution in [1.29, 1.82) is 0 Å². The Kier molecular flexibility index (Phi) is 4.48. The number of carbonyl (C=O) groups is 1. The van der Waals surface area contributed by atoms with Gasteiger partial charge < -0.3 is 14.8 Å². The number of aryl methyl sites for hydroxylation is 2. The van der Waals surface area contributed by atoms with Gasteiger partial charge in [-0.1, -0.05) is 11.6 Å². The minimum absolute atomic E-state index is 0.0902. The average Bonchev–Trinajstić information content (AvgIpc) is 2.53. The molecule has 0 aliphatic carbocycles. The zero-order valence-electron chi connectivity index (χ0n) is 13.8. The van der Waals surface area contributed by atoms with E-state index in [0.29, 0.717) is 18.4 Å². The van der Waals surface area contributed by atoms with Gasteiger partial charge in [-0.3, -0.25) is 9.59 Å². The number of nitrogens with zero attached hydrogens (tertiary/aromatic N) is 2. The van der Waals surface area contributed by atoms with Crippen molar-refractivity contribution in [3.63, 3.8) is 0 Å². The molecule has 1 saturated heterocycles. The molecule has 2 heterocycles. The summed E-state index contributed by atoms with van der Waals surface area (Å²) in [6.07, 6.45) is 0.883. The van der Waals surface area contributed by atoms with Gasteiger partial charge in [-0.05, 0) is 44.0 Å². The third-order valence-electron chi connectivity index (χ3n) is 4.54. The van der Waals surface area contributed by atoms with Gasteiger partial charge in [0.05, 0.1) is 0 Å². The molecule has 0 bridgehead atoms. The van der Waals surface area contributed by atoms with Crippen molar-refractivity contribution in [2.75, 3.05) is 33.2 Å². The summed E-state index contributed by atoms with van der Waals surface area (Å²) in [6, 6.07) is 7.87. The maximum atomic E-state index is 12.3. The Balaban J connectivity index is 1.70. The Bertz CT molecular complexity index is 773. The largest absolute Gasteiger partial charge is 0.340 e. The molecule has 0 saturated carbocycles. The van der Waals surface area contributed by atoms with E-state index in [1.54, 1.807) is 0 Å². The lowest BCUT2D eigenvalue weighted by atomic mass is 10.1. The molecule has 1 amide bonds. The van der Waals surface area contributed by atoms with E-state index in [2.05, 4.69) is 23.0 Å². The van der Waals surface area contributed by atoms with Crippen LogP contribution in [0.1, 0.15) is 17.5 Å². The average molecular weight is 313 g/mol. The predicted molar refractivity (Wildman–Crippen MR) is 91.7 cm³/mol. The highest BCUT2D eigenvalue weighted by atomic mass is 16.2. The smallest absolute Gasteiger partial charge is 0.251 e. The molecule has 0 unspecified atom stereocenters. The molecule has 2 aromatic rings. The van der Waals surface area contributed by atoms with Crippen molar-refractivity contribution in [3.8, 4) is 0 Å². The fraction of sp³-hybridized carbons (Fsp3) is 0.444. The molecule has 1 fully saturated rings. The molecule has 5 heteroatoms. The van der Waals surface area contributed by atoms with Gasteiger partial charge >= 0.3 is 0 Å². The van der Waals surface area contributed by atoms with E-state index in [9.17, 15) is 9.59 Å². The van der Waals surface area contributed by atoms with E-state index in [4.69, 9.17) is 0 Å². The first kappa shape index (κ1) is 15.7. The van der Waals surface area contributed by atoms with E-state index < -0.39 is 0 Å². The molecule has 1 aromatic carbocycles. The second kappa shape index (κ2) is 6.54. The fourth-order valence-corrected chi connectivity index (χ4v) is 3.01. The molecular weight excluding hydrogens is 290 g/mol. The molecule has 3 rings (SSSR count). The Hall–Kier alpha value is -2.14. The van der Waals surface area contributed by atoms with Crippen molar-refractivity contribution in [2.45, 2.75) is 19.8 Å². The second-order valence-corrected chi connectivity index (χ2v) is 6.40. The van der Waals surface area contributed by atoms with Gasteiger partial charge in [0.25, 0.3) is 5.56 Å². The Morgan fingerprint density at radius 1 is 1.17 bits per heavy atom. The molecule has 1 aliphatic rings. The van der Waals surface area contributed by atoms with Crippen LogP contribution in [-0.2, 0) is 11.2 Å². The Morgan fingerprint density at radius 3 is 2.65 bits per heavy atom. The summed E-state index contributed by atoms with van der Waals surface area (Å²) in [4.78, 5) is 31.5. The first-order valence-corrected chi connectivity index (χ1v) is 8.12. The lowest BCUT2D eigenvalue weighted by Gasteiger charge is -2.32. The van der Waals surface area contributed by atoms with Crippen LogP contribution in [0, 0.1) is 6.92 Å². The zero-order valence-corrected chi connectivity index (χ0v) is 13.8. The lowest BCUT2D eigenvalue weighted by Crippen LogP contribution is -2.47.